The van der Waals surface area contributed by atoms with Gasteiger partial charge < -0.3 is 14.8 Å². The Morgan fingerprint density at radius 2 is 2.17 bits per heavy atom. The predicted molar refractivity (Wildman–Crippen MR) is 73.7 cm³/mol. The van der Waals surface area contributed by atoms with Gasteiger partial charge in [0.15, 0.2) is 0 Å². The number of ether oxygens (including phenoxy) is 2. The molecule has 1 heterocycles. The van der Waals surface area contributed by atoms with Crippen LogP contribution in [0.15, 0.2) is 18.2 Å². The molecule has 0 spiro atoms. The molecule has 2 rings (SSSR count). The molecule has 1 aliphatic rings. The van der Waals surface area contributed by atoms with Crippen molar-refractivity contribution in [2.45, 2.75) is 19.3 Å². The van der Waals surface area contributed by atoms with E-state index in [0.29, 0.717) is 11.6 Å². The van der Waals surface area contributed by atoms with Crippen molar-refractivity contribution in [2.75, 3.05) is 32.9 Å². The van der Waals surface area contributed by atoms with E-state index in [1.807, 2.05) is 19.1 Å². The van der Waals surface area contributed by atoms with Crippen LogP contribution in [0.4, 0.5) is 0 Å². The van der Waals surface area contributed by atoms with Gasteiger partial charge in [0.25, 0.3) is 0 Å². The molecule has 0 aromatic heterocycles. The van der Waals surface area contributed by atoms with Crippen LogP contribution < -0.4 is 10.1 Å². The summed E-state index contributed by atoms with van der Waals surface area (Å²) < 4.78 is 10.9. The van der Waals surface area contributed by atoms with Gasteiger partial charge in [-0.15, -0.1) is 0 Å². The number of hydrogen-bond donors (Lipinski definition) is 1. The van der Waals surface area contributed by atoms with E-state index >= 15 is 0 Å². The van der Waals surface area contributed by atoms with E-state index in [2.05, 4.69) is 18.3 Å². The van der Waals surface area contributed by atoms with E-state index in [1.165, 1.54) is 5.56 Å². The van der Waals surface area contributed by atoms with Crippen molar-refractivity contribution in [1.29, 1.82) is 0 Å². The average Bonchev–Trinajstić information content (AvgIpc) is 2.31. The van der Waals surface area contributed by atoms with E-state index in [0.717, 1.165) is 32.1 Å². The lowest BCUT2D eigenvalue weighted by molar-refractivity contribution is -0.0588. The molecular weight excluding hydrogens is 250 g/mol. The molecule has 0 amide bonds. The number of benzene rings is 1. The topological polar surface area (TPSA) is 30.5 Å². The smallest absolute Gasteiger partial charge is 0.137 e. The fourth-order valence-electron chi connectivity index (χ4n) is 2.19. The van der Waals surface area contributed by atoms with Crippen LogP contribution in [-0.2, 0) is 10.2 Å². The predicted octanol–water partition coefficient (Wildman–Crippen LogP) is 2.62. The highest BCUT2D eigenvalue weighted by Gasteiger charge is 2.40. The number of halogens is 1. The average molecular weight is 270 g/mol. The van der Waals surface area contributed by atoms with Crippen molar-refractivity contribution in [3.05, 3.63) is 28.8 Å². The Morgan fingerprint density at radius 3 is 2.67 bits per heavy atom. The van der Waals surface area contributed by atoms with Crippen molar-refractivity contribution in [2.24, 2.45) is 0 Å². The van der Waals surface area contributed by atoms with Crippen molar-refractivity contribution >= 4 is 11.6 Å². The molecule has 0 atom stereocenters. The fourth-order valence-corrected chi connectivity index (χ4v) is 2.42. The SMILES string of the molecule is CCNCC1(c2ccc(OCC)c(Cl)c2)COC1. The van der Waals surface area contributed by atoms with E-state index in [9.17, 15) is 0 Å². The van der Waals surface area contributed by atoms with E-state index in [4.69, 9.17) is 21.1 Å². The second-order valence-corrected chi connectivity index (χ2v) is 5.04. The zero-order chi connectivity index (χ0) is 13.0. The van der Waals surface area contributed by atoms with Crippen LogP contribution in [0.3, 0.4) is 0 Å². The first-order chi connectivity index (χ1) is 8.72. The Bertz CT molecular complexity index is 405. The lowest BCUT2D eigenvalue weighted by atomic mass is 9.78. The lowest BCUT2D eigenvalue weighted by Gasteiger charge is -2.42. The van der Waals surface area contributed by atoms with Crippen LogP contribution in [0, 0.1) is 0 Å². The fraction of sp³-hybridized carbons (Fsp3) is 0.571. The maximum absolute atomic E-state index is 6.24. The van der Waals surface area contributed by atoms with Gasteiger partial charge in [-0.25, -0.2) is 0 Å². The Morgan fingerprint density at radius 1 is 1.39 bits per heavy atom. The molecule has 0 aliphatic carbocycles. The Kier molecular flexibility index (Phi) is 4.49. The zero-order valence-electron chi connectivity index (χ0n) is 11.0. The van der Waals surface area contributed by atoms with Gasteiger partial charge >= 0.3 is 0 Å². The lowest BCUT2D eigenvalue weighted by Crippen LogP contribution is -2.53. The van der Waals surface area contributed by atoms with Crippen LogP contribution in [-0.4, -0.2) is 32.9 Å². The van der Waals surface area contributed by atoms with Crippen LogP contribution >= 0.6 is 11.6 Å². The number of hydrogen-bond acceptors (Lipinski definition) is 3. The van der Waals surface area contributed by atoms with Gasteiger partial charge in [-0.2, -0.15) is 0 Å². The van der Waals surface area contributed by atoms with Gasteiger partial charge in [0.05, 0.1) is 30.3 Å². The minimum absolute atomic E-state index is 0.0738. The van der Waals surface area contributed by atoms with Gasteiger partial charge in [-0.05, 0) is 31.2 Å². The highest BCUT2D eigenvalue weighted by Crippen LogP contribution is 2.36. The Balaban J connectivity index is 2.18. The maximum atomic E-state index is 6.24. The van der Waals surface area contributed by atoms with E-state index in [-0.39, 0.29) is 5.41 Å². The van der Waals surface area contributed by atoms with E-state index in [1.54, 1.807) is 0 Å². The highest BCUT2D eigenvalue weighted by atomic mass is 35.5. The van der Waals surface area contributed by atoms with Crippen LogP contribution in [0.5, 0.6) is 5.75 Å². The molecule has 0 saturated carbocycles. The molecule has 0 unspecified atom stereocenters. The molecule has 100 valence electrons. The van der Waals surface area contributed by atoms with Gasteiger partial charge in [0.1, 0.15) is 5.75 Å². The van der Waals surface area contributed by atoms with Crippen molar-refractivity contribution < 1.29 is 9.47 Å². The number of nitrogens with one attached hydrogen (secondary N) is 1. The summed E-state index contributed by atoms with van der Waals surface area (Å²) in [5.74, 6) is 0.752. The second-order valence-electron chi connectivity index (χ2n) is 4.63. The summed E-state index contributed by atoms with van der Waals surface area (Å²) in [6.45, 7) is 8.09. The summed E-state index contributed by atoms with van der Waals surface area (Å²) in [4.78, 5) is 0. The van der Waals surface area contributed by atoms with Crippen molar-refractivity contribution in [3.63, 3.8) is 0 Å². The third kappa shape index (κ3) is 2.63. The molecule has 4 heteroatoms. The quantitative estimate of drug-likeness (QED) is 0.861. The van der Waals surface area contributed by atoms with Crippen LogP contribution in [0.1, 0.15) is 19.4 Å². The van der Waals surface area contributed by atoms with Crippen molar-refractivity contribution in [1.82, 2.24) is 5.32 Å². The minimum atomic E-state index is 0.0738. The number of likely N-dealkylation sites (N-methyl/N-ethyl adjacent to an activating group) is 1. The first-order valence-electron chi connectivity index (χ1n) is 6.43. The summed E-state index contributed by atoms with van der Waals surface area (Å²) in [6, 6.07) is 6.05. The van der Waals surface area contributed by atoms with Gasteiger partial charge in [0, 0.05) is 6.54 Å². The Hall–Kier alpha value is -0.770. The molecule has 0 radical (unpaired) electrons. The molecule has 1 fully saturated rings. The molecular formula is C14H20ClNO2. The molecule has 1 aromatic rings. The normalized spacial score (nSPS) is 17.3. The van der Waals surface area contributed by atoms with Gasteiger partial charge in [-0.3, -0.25) is 0 Å². The van der Waals surface area contributed by atoms with Crippen molar-refractivity contribution in [3.8, 4) is 5.75 Å². The molecule has 1 aliphatic heterocycles. The highest BCUT2D eigenvalue weighted by molar-refractivity contribution is 6.32. The van der Waals surface area contributed by atoms with E-state index < -0.39 is 0 Å². The molecule has 1 saturated heterocycles. The van der Waals surface area contributed by atoms with Crippen LogP contribution in [0.25, 0.3) is 0 Å². The largest absolute Gasteiger partial charge is 0.492 e. The minimum Gasteiger partial charge on any atom is -0.492 e. The first-order valence-corrected chi connectivity index (χ1v) is 6.81. The summed E-state index contributed by atoms with van der Waals surface area (Å²) >= 11 is 6.24. The summed E-state index contributed by atoms with van der Waals surface area (Å²) in [7, 11) is 0. The summed E-state index contributed by atoms with van der Waals surface area (Å²) in [6.07, 6.45) is 0. The number of rotatable bonds is 6. The van der Waals surface area contributed by atoms with Gasteiger partial charge in [0.2, 0.25) is 0 Å². The van der Waals surface area contributed by atoms with Gasteiger partial charge in [-0.1, -0.05) is 24.6 Å². The standard InChI is InChI=1S/C14H20ClNO2/c1-3-16-8-14(9-17-10-14)11-5-6-13(18-4-2)12(15)7-11/h5-7,16H,3-4,8-10H2,1-2H3. The first kappa shape index (κ1) is 13.7. The van der Waals surface area contributed by atoms with Crippen LogP contribution in [0.2, 0.25) is 5.02 Å². The molecule has 18 heavy (non-hydrogen) atoms. The third-order valence-electron chi connectivity index (χ3n) is 3.31. The summed E-state index contributed by atoms with van der Waals surface area (Å²) in [5.41, 5.74) is 1.30. The molecule has 1 N–H and O–H groups in total. The summed E-state index contributed by atoms with van der Waals surface area (Å²) in [5, 5.41) is 4.07. The zero-order valence-corrected chi connectivity index (χ0v) is 11.7. The molecule has 0 bridgehead atoms. The Labute approximate surface area is 113 Å². The third-order valence-corrected chi connectivity index (χ3v) is 3.61. The second kappa shape index (κ2) is 5.91. The molecule has 1 aromatic carbocycles. The maximum Gasteiger partial charge on any atom is 0.137 e. The molecule has 3 nitrogen and oxygen atoms in total. The monoisotopic (exact) mass is 269 g/mol.